The molecule has 0 spiro atoms. The fraction of sp³-hybridized carbons (Fsp3) is 0.455. The topological polar surface area (TPSA) is 106 Å². The summed E-state index contributed by atoms with van der Waals surface area (Å²) in [6, 6.07) is 3.05. The molecule has 94 valence electrons. The molecule has 0 fully saturated rings. The normalized spacial score (nSPS) is 14.1. The Bertz CT molecular complexity index is 366. The molecule has 1 aromatic rings. The van der Waals surface area contributed by atoms with Crippen molar-refractivity contribution in [2.24, 2.45) is 0 Å². The highest BCUT2D eigenvalue weighted by Gasteiger charge is 2.22. The minimum atomic E-state index is -1.25. The van der Waals surface area contributed by atoms with E-state index in [1.165, 1.54) is 12.3 Å². The number of nitrogens with zero attached hydrogens (tertiary/aromatic N) is 1. The zero-order chi connectivity index (χ0) is 12.8. The Labute approximate surface area is 99.0 Å². The summed E-state index contributed by atoms with van der Waals surface area (Å²) in [5, 5.41) is 19.4. The van der Waals surface area contributed by atoms with Crippen molar-refractivity contribution in [3.05, 3.63) is 24.0 Å². The summed E-state index contributed by atoms with van der Waals surface area (Å²) >= 11 is 0. The third-order valence-electron chi connectivity index (χ3n) is 2.16. The summed E-state index contributed by atoms with van der Waals surface area (Å²) < 4.78 is 4.67. The van der Waals surface area contributed by atoms with Gasteiger partial charge < -0.3 is 20.7 Å². The number of esters is 1. The molecule has 4 N–H and O–H groups in total. The summed E-state index contributed by atoms with van der Waals surface area (Å²) in [6.07, 6.45) is -1.39. The molecule has 0 amide bonds. The molecule has 0 saturated carbocycles. The predicted molar refractivity (Wildman–Crippen MR) is 60.9 cm³/mol. The van der Waals surface area contributed by atoms with Crippen LogP contribution in [0.3, 0.4) is 0 Å². The van der Waals surface area contributed by atoms with Gasteiger partial charge in [-0.3, -0.25) is 9.78 Å². The van der Waals surface area contributed by atoms with Crippen LogP contribution >= 0.6 is 0 Å². The number of rotatable bonds is 5. The Kier molecular flexibility index (Phi) is 4.86. The molecule has 0 bridgehead atoms. The minimum absolute atomic E-state index is 0.238. The van der Waals surface area contributed by atoms with Gasteiger partial charge >= 0.3 is 5.97 Å². The van der Waals surface area contributed by atoms with Crippen molar-refractivity contribution in [2.75, 3.05) is 12.3 Å². The summed E-state index contributed by atoms with van der Waals surface area (Å²) in [5.41, 5.74) is 6.16. The molecule has 2 unspecified atom stereocenters. The standard InChI is InChI=1S/C11H16N2O4/c1-2-17-10(15)5-9(14)11(16)8-4-3-7(12)6-13-8/h3-4,6,9,11,14,16H,2,5,12H2,1H3. The number of aromatic nitrogens is 1. The van der Waals surface area contributed by atoms with Gasteiger partial charge in [0, 0.05) is 0 Å². The van der Waals surface area contributed by atoms with Crippen LogP contribution in [0.4, 0.5) is 5.69 Å². The van der Waals surface area contributed by atoms with Gasteiger partial charge in [-0.1, -0.05) is 0 Å². The van der Waals surface area contributed by atoms with E-state index >= 15 is 0 Å². The number of aliphatic hydroxyl groups excluding tert-OH is 2. The molecule has 6 heteroatoms. The SMILES string of the molecule is CCOC(=O)CC(O)C(O)c1ccc(N)cn1. The minimum Gasteiger partial charge on any atom is -0.466 e. The highest BCUT2D eigenvalue weighted by atomic mass is 16.5. The highest BCUT2D eigenvalue weighted by molar-refractivity contribution is 5.70. The number of carbonyl (C=O) groups excluding carboxylic acids is 1. The van der Waals surface area contributed by atoms with Gasteiger partial charge in [0.2, 0.25) is 0 Å². The van der Waals surface area contributed by atoms with E-state index < -0.39 is 18.2 Å². The second-order valence-corrected chi connectivity index (χ2v) is 3.54. The third-order valence-corrected chi connectivity index (χ3v) is 2.16. The van der Waals surface area contributed by atoms with Crippen LogP contribution in [0.5, 0.6) is 0 Å². The predicted octanol–water partition coefficient (Wildman–Crippen LogP) is 0.0113. The van der Waals surface area contributed by atoms with Gasteiger partial charge in [0.05, 0.1) is 36.7 Å². The lowest BCUT2D eigenvalue weighted by molar-refractivity contribution is -0.147. The van der Waals surface area contributed by atoms with Crippen molar-refractivity contribution in [3.8, 4) is 0 Å². The van der Waals surface area contributed by atoms with E-state index in [0.717, 1.165) is 0 Å². The van der Waals surface area contributed by atoms with Crippen LogP contribution in [-0.4, -0.2) is 33.9 Å². The number of nitrogen functional groups attached to an aromatic ring is 1. The number of ether oxygens (including phenoxy) is 1. The lowest BCUT2D eigenvalue weighted by Gasteiger charge is -2.16. The van der Waals surface area contributed by atoms with Crippen molar-refractivity contribution in [1.29, 1.82) is 0 Å². The second-order valence-electron chi connectivity index (χ2n) is 3.54. The van der Waals surface area contributed by atoms with Crippen LogP contribution in [-0.2, 0) is 9.53 Å². The van der Waals surface area contributed by atoms with Crippen LogP contribution in [0.1, 0.15) is 25.1 Å². The smallest absolute Gasteiger partial charge is 0.308 e. The number of anilines is 1. The maximum atomic E-state index is 11.1. The molecule has 1 heterocycles. The van der Waals surface area contributed by atoms with Gasteiger partial charge in [0.1, 0.15) is 6.10 Å². The van der Waals surface area contributed by atoms with Gasteiger partial charge in [0.25, 0.3) is 0 Å². The van der Waals surface area contributed by atoms with Crippen molar-refractivity contribution >= 4 is 11.7 Å². The monoisotopic (exact) mass is 240 g/mol. The van der Waals surface area contributed by atoms with E-state index in [1.54, 1.807) is 13.0 Å². The Morgan fingerprint density at radius 2 is 2.24 bits per heavy atom. The Morgan fingerprint density at radius 3 is 2.76 bits per heavy atom. The summed E-state index contributed by atoms with van der Waals surface area (Å²) in [5.74, 6) is -0.561. The van der Waals surface area contributed by atoms with E-state index in [4.69, 9.17) is 5.73 Å². The lowest BCUT2D eigenvalue weighted by Crippen LogP contribution is -2.23. The van der Waals surface area contributed by atoms with Crippen molar-refractivity contribution in [2.45, 2.75) is 25.6 Å². The molecule has 0 radical (unpaired) electrons. The third kappa shape index (κ3) is 4.01. The molecule has 1 aromatic heterocycles. The van der Waals surface area contributed by atoms with Crippen molar-refractivity contribution in [3.63, 3.8) is 0 Å². The molecular weight excluding hydrogens is 224 g/mol. The maximum Gasteiger partial charge on any atom is 0.308 e. The maximum absolute atomic E-state index is 11.1. The lowest BCUT2D eigenvalue weighted by atomic mass is 10.1. The number of hydrogen-bond donors (Lipinski definition) is 3. The molecule has 17 heavy (non-hydrogen) atoms. The van der Waals surface area contributed by atoms with E-state index in [1.807, 2.05) is 0 Å². The van der Waals surface area contributed by atoms with Crippen LogP contribution in [0.15, 0.2) is 18.3 Å². The fourth-order valence-electron chi connectivity index (χ4n) is 1.29. The molecular formula is C11H16N2O4. The highest BCUT2D eigenvalue weighted by Crippen LogP contribution is 2.17. The largest absolute Gasteiger partial charge is 0.466 e. The molecule has 0 aliphatic carbocycles. The first-order valence-electron chi connectivity index (χ1n) is 5.27. The van der Waals surface area contributed by atoms with Crippen molar-refractivity contribution in [1.82, 2.24) is 4.98 Å². The molecule has 2 atom stereocenters. The summed E-state index contributed by atoms with van der Waals surface area (Å²) in [7, 11) is 0. The Hall–Kier alpha value is -1.66. The van der Waals surface area contributed by atoms with E-state index in [9.17, 15) is 15.0 Å². The fourth-order valence-corrected chi connectivity index (χ4v) is 1.29. The number of carbonyl (C=O) groups is 1. The zero-order valence-electron chi connectivity index (χ0n) is 9.54. The first-order chi connectivity index (χ1) is 8.04. The summed E-state index contributed by atoms with van der Waals surface area (Å²) in [4.78, 5) is 15.0. The number of hydrogen-bond acceptors (Lipinski definition) is 6. The second kappa shape index (κ2) is 6.17. The van der Waals surface area contributed by atoms with Gasteiger partial charge in [-0.25, -0.2) is 0 Å². The van der Waals surface area contributed by atoms with Crippen molar-refractivity contribution < 1.29 is 19.7 Å². The van der Waals surface area contributed by atoms with Gasteiger partial charge in [-0.05, 0) is 19.1 Å². The van der Waals surface area contributed by atoms with E-state index in [-0.39, 0.29) is 18.7 Å². The van der Waals surface area contributed by atoms with Crippen LogP contribution in [0.25, 0.3) is 0 Å². The first-order valence-corrected chi connectivity index (χ1v) is 5.27. The van der Waals surface area contributed by atoms with Gasteiger partial charge in [-0.2, -0.15) is 0 Å². The van der Waals surface area contributed by atoms with Gasteiger partial charge in [-0.15, -0.1) is 0 Å². The van der Waals surface area contributed by atoms with Crippen LogP contribution < -0.4 is 5.73 Å². The molecule has 0 aliphatic rings. The molecule has 1 rings (SSSR count). The Balaban J connectivity index is 2.60. The van der Waals surface area contributed by atoms with E-state index in [2.05, 4.69) is 9.72 Å². The van der Waals surface area contributed by atoms with Crippen LogP contribution in [0, 0.1) is 0 Å². The average Bonchev–Trinajstić information content (AvgIpc) is 2.29. The quantitative estimate of drug-likeness (QED) is 0.626. The average molecular weight is 240 g/mol. The number of aliphatic hydroxyl groups is 2. The number of nitrogens with two attached hydrogens (primary N) is 1. The number of pyridine rings is 1. The Morgan fingerprint density at radius 1 is 1.53 bits per heavy atom. The molecule has 0 aromatic carbocycles. The first kappa shape index (κ1) is 13.4. The van der Waals surface area contributed by atoms with E-state index in [0.29, 0.717) is 5.69 Å². The summed E-state index contributed by atoms with van der Waals surface area (Å²) in [6.45, 7) is 1.91. The zero-order valence-corrected chi connectivity index (χ0v) is 9.54. The molecule has 0 aliphatic heterocycles. The molecule has 0 saturated heterocycles. The van der Waals surface area contributed by atoms with Gasteiger partial charge in [0.15, 0.2) is 0 Å². The molecule has 6 nitrogen and oxygen atoms in total. The van der Waals surface area contributed by atoms with Crippen LogP contribution in [0.2, 0.25) is 0 Å².